The van der Waals surface area contributed by atoms with Crippen molar-refractivity contribution in [2.24, 2.45) is 5.14 Å². The van der Waals surface area contributed by atoms with E-state index in [4.69, 9.17) is 9.88 Å². The molecule has 2 aliphatic heterocycles. The maximum Gasteiger partial charge on any atom is 0.251 e. The summed E-state index contributed by atoms with van der Waals surface area (Å²) >= 11 is 0. The summed E-state index contributed by atoms with van der Waals surface area (Å²) in [4.78, 5) is 14.7. The molecule has 0 saturated carbocycles. The Balaban J connectivity index is 1.47. The molecule has 138 valence electrons. The summed E-state index contributed by atoms with van der Waals surface area (Å²) < 4.78 is 28.2. The van der Waals surface area contributed by atoms with E-state index in [1.54, 1.807) is 0 Å². The van der Waals surface area contributed by atoms with E-state index in [9.17, 15) is 13.2 Å². The molecule has 8 heteroatoms. The molecular weight excluding hydrogens is 342 g/mol. The van der Waals surface area contributed by atoms with Gasteiger partial charge in [-0.1, -0.05) is 0 Å². The van der Waals surface area contributed by atoms with Crippen LogP contribution in [0.15, 0.2) is 29.2 Å². The SMILES string of the molecule is NS(=O)(=O)c1ccc(C(=O)NC2CCN(C[C@@H]3CCCO3)CC2)cc1. The molecule has 1 amide bonds. The molecule has 0 spiro atoms. The predicted molar refractivity (Wildman–Crippen MR) is 93.7 cm³/mol. The smallest absolute Gasteiger partial charge is 0.251 e. The minimum absolute atomic E-state index is 0.00601. The number of nitrogens with one attached hydrogen (secondary N) is 1. The molecular formula is C17H25N3O4S. The summed E-state index contributed by atoms with van der Waals surface area (Å²) in [5.74, 6) is -0.182. The minimum atomic E-state index is -3.74. The largest absolute Gasteiger partial charge is 0.377 e. The van der Waals surface area contributed by atoms with Crippen molar-refractivity contribution in [3.8, 4) is 0 Å². The second-order valence-electron chi connectivity index (χ2n) is 6.75. The van der Waals surface area contributed by atoms with Gasteiger partial charge in [-0.15, -0.1) is 0 Å². The lowest BCUT2D eigenvalue weighted by molar-refractivity contribution is 0.0613. The van der Waals surface area contributed by atoms with Gasteiger partial charge in [-0.25, -0.2) is 13.6 Å². The fourth-order valence-corrected chi connectivity index (χ4v) is 3.92. The van der Waals surface area contributed by atoms with E-state index in [2.05, 4.69) is 10.2 Å². The van der Waals surface area contributed by atoms with E-state index < -0.39 is 10.0 Å². The highest BCUT2D eigenvalue weighted by Crippen LogP contribution is 2.17. The summed E-state index contributed by atoms with van der Waals surface area (Å²) in [7, 11) is -3.74. The number of sulfonamides is 1. The van der Waals surface area contributed by atoms with Crippen LogP contribution in [0.1, 0.15) is 36.0 Å². The summed E-state index contributed by atoms with van der Waals surface area (Å²) in [5, 5.41) is 8.09. The molecule has 1 aromatic carbocycles. The third-order valence-electron chi connectivity index (χ3n) is 4.85. The van der Waals surface area contributed by atoms with Crippen LogP contribution in [0.5, 0.6) is 0 Å². The van der Waals surface area contributed by atoms with Crippen LogP contribution in [0, 0.1) is 0 Å². The number of carbonyl (C=O) groups excluding carboxylic acids is 1. The van der Waals surface area contributed by atoms with Crippen molar-refractivity contribution in [3.63, 3.8) is 0 Å². The molecule has 2 fully saturated rings. The highest BCUT2D eigenvalue weighted by atomic mass is 32.2. The second kappa shape index (κ2) is 7.82. The highest BCUT2D eigenvalue weighted by molar-refractivity contribution is 7.89. The summed E-state index contributed by atoms with van der Waals surface area (Å²) in [5.41, 5.74) is 0.439. The Kier molecular flexibility index (Phi) is 5.73. The Hall–Kier alpha value is -1.48. The van der Waals surface area contributed by atoms with Crippen molar-refractivity contribution in [2.45, 2.75) is 42.7 Å². The van der Waals surface area contributed by atoms with Crippen molar-refractivity contribution in [3.05, 3.63) is 29.8 Å². The number of piperidine rings is 1. The van der Waals surface area contributed by atoms with E-state index in [0.717, 1.165) is 51.9 Å². The second-order valence-corrected chi connectivity index (χ2v) is 8.31. The first-order valence-electron chi connectivity index (χ1n) is 8.69. The normalized spacial score (nSPS) is 22.8. The molecule has 2 heterocycles. The Labute approximate surface area is 148 Å². The predicted octanol–water partition coefficient (Wildman–Crippen LogP) is 0.707. The number of hydrogen-bond donors (Lipinski definition) is 2. The maximum absolute atomic E-state index is 12.3. The van der Waals surface area contributed by atoms with E-state index in [-0.39, 0.29) is 16.8 Å². The Morgan fingerprint density at radius 2 is 1.88 bits per heavy atom. The first kappa shape index (κ1) is 18.3. The van der Waals surface area contributed by atoms with Gasteiger partial charge in [0.05, 0.1) is 11.0 Å². The molecule has 3 rings (SSSR count). The van der Waals surface area contributed by atoms with E-state index in [1.165, 1.54) is 24.3 Å². The summed E-state index contributed by atoms with van der Waals surface area (Å²) in [6, 6.07) is 5.83. The van der Waals surface area contributed by atoms with Gasteiger partial charge in [-0.3, -0.25) is 4.79 Å². The molecule has 3 N–H and O–H groups in total. The van der Waals surface area contributed by atoms with Crippen molar-refractivity contribution < 1.29 is 17.9 Å². The Morgan fingerprint density at radius 3 is 2.44 bits per heavy atom. The van der Waals surface area contributed by atoms with Crippen LogP contribution in [0.2, 0.25) is 0 Å². The zero-order chi connectivity index (χ0) is 17.9. The minimum Gasteiger partial charge on any atom is -0.377 e. The van der Waals surface area contributed by atoms with Crippen LogP contribution in [0.3, 0.4) is 0 Å². The molecule has 0 aromatic heterocycles. The topological polar surface area (TPSA) is 102 Å². The quantitative estimate of drug-likeness (QED) is 0.798. The molecule has 0 bridgehead atoms. The number of benzene rings is 1. The van der Waals surface area contributed by atoms with Gasteiger partial charge in [0.2, 0.25) is 10.0 Å². The van der Waals surface area contributed by atoms with Gasteiger partial charge >= 0.3 is 0 Å². The van der Waals surface area contributed by atoms with Gasteiger partial charge in [0.15, 0.2) is 0 Å². The zero-order valence-corrected chi connectivity index (χ0v) is 15.0. The van der Waals surface area contributed by atoms with Crippen LogP contribution >= 0.6 is 0 Å². The number of hydrogen-bond acceptors (Lipinski definition) is 5. The van der Waals surface area contributed by atoms with Crippen LogP contribution < -0.4 is 10.5 Å². The fraction of sp³-hybridized carbons (Fsp3) is 0.588. The Bertz CT molecular complexity index is 691. The van der Waals surface area contributed by atoms with Crippen molar-refractivity contribution in [1.82, 2.24) is 10.2 Å². The molecule has 0 aliphatic carbocycles. The molecule has 0 radical (unpaired) electrons. The van der Waals surface area contributed by atoms with Crippen molar-refractivity contribution in [2.75, 3.05) is 26.2 Å². The van der Waals surface area contributed by atoms with Gasteiger partial charge in [0, 0.05) is 37.8 Å². The standard InChI is InChI=1S/C17H25N3O4S/c18-25(22,23)16-5-3-13(4-6-16)17(21)19-14-7-9-20(10-8-14)12-15-2-1-11-24-15/h3-6,14-15H,1-2,7-12H2,(H,19,21)(H2,18,22,23)/t15-/m0/s1. The number of amides is 1. The first-order chi connectivity index (χ1) is 11.9. The molecule has 25 heavy (non-hydrogen) atoms. The van der Waals surface area contributed by atoms with Gasteiger partial charge in [0.1, 0.15) is 0 Å². The number of nitrogens with zero attached hydrogens (tertiary/aromatic N) is 1. The monoisotopic (exact) mass is 367 g/mol. The summed E-state index contributed by atoms with van der Waals surface area (Å²) in [6.07, 6.45) is 4.48. The number of rotatable bonds is 5. The zero-order valence-electron chi connectivity index (χ0n) is 14.2. The molecule has 1 aromatic rings. The van der Waals surface area contributed by atoms with Gasteiger partial charge < -0.3 is 15.0 Å². The van der Waals surface area contributed by atoms with Crippen molar-refractivity contribution >= 4 is 15.9 Å². The highest BCUT2D eigenvalue weighted by Gasteiger charge is 2.25. The van der Waals surface area contributed by atoms with Gasteiger partial charge in [-0.2, -0.15) is 0 Å². The molecule has 2 aliphatic rings. The van der Waals surface area contributed by atoms with E-state index in [0.29, 0.717) is 11.7 Å². The lowest BCUT2D eigenvalue weighted by Gasteiger charge is -2.33. The van der Waals surface area contributed by atoms with Crippen LogP contribution in [0.25, 0.3) is 0 Å². The lowest BCUT2D eigenvalue weighted by Crippen LogP contribution is -2.46. The Morgan fingerprint density at radius 1 is 1.20 bits per heavy atom. The summed E-state index contributed by atoms with van der Waals surface area (Å²) in [6.45, 7) is 3.77. The third kappa shape index (κ3) is 5.01. The number of likely N-dealkylation sites (tertiary alicyclic amines) is 1. The van der Waals surface area contributed by atoms with Crippen LogP contribution in [-0.2, 0) is 14.8 Å². The number of carbonyl (C=O) groups is 1. The average Bonchev–Trinajstić information content (AvgIpc) is 3.09. The molecule has 1 atom stereocenters. The lowest BCUT2D eigenvalue weighted by atomic mass is 10.0. The van der Waals surface area contributed by atoms with Gasteiger partial charge in [-0.05, 0) is 49.9 Å². The fourth-order valence-electron chi connectivity index (χ4n) is 3.40. The van der Waals surface area contributed by atoms with Gasteiger partial charge in [0.25, 0.3) is 5.91 Å². The molecule has 2 saturated heterocycles. The first-order valence-corrected chi connectivity index (χ1v) is 10.2. The number of nitrogens with two attached hydrogens (primary N) is 1. The van der Waals surface area contributed by atoms with Crippen LogP contribution in [-0.4, -0.2) is 57.6 Å². The average molecular weight is 367 g/mol. The van der Waals surface area contributed by atoms with E-state index in [1.807, 2.05) is 0 Å². The third-order valence-corrected chi connectivity index (χ3v) is 5.78. The number of primary sulfonamides is 1. The number of ether oxygens (including phenoxy) is 1. The molecule has 0 unspecified atom stereocenters. The van der Waals surface area contributed by atoms with E-state index >= 15 is 0 Å². The van der Waals surface area contributed by atoms with Crippen LogP contribution in [0.4, 0.5) is 0 Å². The van der Waals surface area contributed by atoms with Crippen molar-refractivity contribution in [1.29, 1.82) is 0 Å². The maximum atomic E-state index is 12.3. The molecule has 7 nitrogen and oxygen atoms in total.